The number of carbonyl (C=O) groups excluding carboxylic acids is 1. The summed E-state index contributed by atoms with van der Waals surface area (Å²) in [5.74, 6) is -0.473. The van der Waals surface area contributed by atoms with Crippen LogP contribution in [0, 0.1) is 6.92 Å². The minimum absolute atomic E-state index is 0.148. The molecule has 18 heavy (non-hydrogen) atoms. The number of amides is 1. The molecule has 0 atom stereocenters. The number of ether oxygens (including phenoxy) is 1. The Labute approximate surface area is 103 Å². The lowest BCUT2D eigenvalue weighted by atomic mass is 10.1. The second-order valence-corrected chi connectivity index (χ2v) is 3.71. The third kappa shape index (κ3) is 4.03. The second-order valence-electron chi connectivity index (χ2n) is 3.71. The van der Waals surface area contributed by atoms with Crippen molar-refractivity contribution in [2.24, 2.45) is 0 Å². The van der Waals surface area contributed by atoms with Crippen molar-refractivity contribution in [1.82, 2.24) is 0 Å². The highest BCUT2D eigenvalue weighted by atomic mass is 19.4. The monoisotopic (exact) mass is 261 g/mol. The topological polar surface area (TPSA) is 38.3 Å². The van der Waals surface area contributed by atoms with Crippen molar-refractivity contribution in [3.8, 4) is 0 Å². The van der Waals surface area contributed by atoms with Crippen molar-refractivity contribution in [2.75, 3.05) is 18.5 Å². The number of hydrogen-bond donors (Lipinski definition) is 1. The molecule has 0 saturated heterocycles. The molecule has 0 saturated carbocycles. The summed E-state index contributed by atoms with van der Waals surface area (Å²) in [6.07, 6.45) is -4.42. The molecule has 1 N–H and O–H groups in total. The molecule has 0 aliphatic carbocycles. The number of hydrogen-bond acceptors (Lipinski definition) is 2. The van der Waals surface area contributed by atoms with E-state index in [1.54, 1.807) is 13.8 Å². The summed E-state index contributed by atoms with van der Waals surface area (Å²) in [5.41, 5.74) is -0.0813. The third-order valence-electron chi connectivity index (χ3n) is 2.28. The lowest BCUT2D eigenvalue weighted by molar-refractivity contribution is -0.137. The highest BCUT2D eigenvalue weighted by molar-refractivity contribution is 5.92. The van der Waals surface area contributed by atoms with Gasteiger partial charge >= 0.3 is 6.18 Å². The molecule has 0 bridgehead atoms. The van der Waals surface area contributed by atoms with E-state index in [1.807, 2.05) is 0 Å². The number of aryl methyl sites for hydroxylation is 1. The molecule has 0 fully saturated rings. The number of benzene rings is 1. The van der Waals surface area contributed by atoms with Crippen molar-refractivity contribution >= 4 is 11.6 Å². The normalized spacial score (nSPS) is 11.4. The first-order valence-corrected chi connectivity index (χ1v) is 5.40. The van der Waals surface area contributed by atoms with Gasteiger partial charge in [-0.15, -0.1) is 0 Å². The third-order valence-corrected chi connectivity index (χ3v) is 2.28. The summed E-state index contributed by atoms with van der Waals surface area (Å²) in [7, 11) is 0. The molecule has 3 nitrogen and oxygen atoms in total. The molecule has 0 radical (unpaired) electrons. The number of halogens is 3. The van der Waals surface area contributed by atoms with Crippen LogP contribution in [0.4, 0.5) is 18.9 Å². The van der Waals surface area contributed by atoms with Gasteiger partial charge in [0.05, 0.1) is 5.56 Å². The summed E-state index contributed by atoms with van der Waals surface area (Å²) in [4.78, 5) is 11.4. The van der Waals surface area contributed by atoms with Gasteiger partial charge in [0.2, 0.25) is 5.91 Å². The fourth-order valence-corrected chi connectivity index (χ4v) is 1.31. The van der Waals surface area contributed by atoms with Crippen LogP contribution in [0.5, 0.6) is 0 Å². The molecule has 0 aliphatic rings. The molecular weight excluding hydrogens is 247 g/mol. The van der Waals surface area contributed by atoms with E-state index in [0.717, 1.165) is 12.1 Å². The highest BCUT2D eigenvalue weighted by Gasteiger charge is 2.30. The minimum Gasteiger partial charge on any atom is -0.372 e. The van der Waals surface area contributed by atoms with Gasteiger partial charge in [0, 0.05) is 12.3 Å². The fraction of sp³-hybridized carbons (Fsp3) is 0.417. The first-order chi connectivity index (χ1) is 8.34. The van der Waals surface area contributed by atoms with Gasteiger partial charge in [-0.05, 0) is 31.5 Å². The second kappa shape index (κ2) is 5.86. The zero-order chi connectivity index (χ0) is 13.8. The van der Waals surface area contributed by atoms with Crippen molar-refractivity contribution in [3.63, 3.8) is 0 Å². The predicted molar refractivity (Wildman–Crippen MR) is 61.3 cm³/mol. The van der Waals surface area contributed by atoms with E-state index >= 15 is 0 Å². The van der Waals surface area contributed by atoms with E-state index in [-0.39, 0.29) is 12.3 Å². The lowest BCUT2D eigenvalue weighted by Crippen LogP contribution is -2.19. The molecule has 1 rings (SSSR count). The van der Waals surface area contributed by atoms with Crippen molar-refractivity contribution in [1.29, 1.82) is 0 Å². The van der Waals surface area contributed by atoms with Crippen LogP contribution in [0.15, 0.2) is 18.2 Å². The summed E-state index contributed by atoms with van der Waals surface area (Å²) < 4.78 is 42.4. The van der Waals surface area contributed by atoms with Gasteiger partial charge in [0.1, 0.15) is 6.61 Å². The van der Waals surface area contributed by atoms with Crippen LogP contribution in [0.25, 0.3) is 0 Å². The van der Waals surface area contributed by atoms with Crippen molar-refractivity contribution < 1.29 is 22.7 Å². The molecule has 1 aromatic carbocycles. The number of rotatable bonds is 4. The minimum atomic E-state index is -4.42. The van der Waals surface area contributed by atoms with Crippen molar-refractivity contribution in [2.45, 2.75) is 20.0 Å². The maximum absolute atomic E-state index is 12.5. The average molecular weight is 261 g/mol. The number of nitrogens with one attached hydrogen (secondary N) is 1. The van der Waals surface area contributed by atoms with Gasteiger partial charge < -0.3 is 10.1 Å². The lowest BCUT2D eigenvalue weighted by Gasteiger charge is -2.12. The standard InChI is InChI=1S/C12H14F3NO2/c1-3-18-7-11(17)16-10-6-9(12(13,14)15)5-4-8(10)2/h4-6H,3,7H2,1-2H3,(H,16,17). The quantitative estimate of drug-likeness (QED) is 0.904. The summed E-state index contributed by atoms with van der Waals surface area (Å²) in [6.45, 7) is 3.54. The van der Waals surface area contributed by atoms with Gasteiger partial charge in [-0.25, -0.2) is 0 Å². The molecule has 6 heteroatoms. The Balaban J connectivity index is 2.85. The largest absolute Gasteiger partial charge is 0.416 e. The molecule has 0 aliphatic heterocycles. The van der Waals surface area contributed by atoms with E-state index < -0.39 is 17.6 Å². The van der Waals surface area contributed by atoms with Crippen LogP contribution in [0.3, 0.4) is 0 Å². The summed E-state index contributed by atoms with van der Waals surface area (Å²) in [6, 6.07) is 3.21. The fourth-order valence-electron chi connectivity index (χ4n) is 1.31. The van der Waals surface area contributed by atoms with E-state index in [2.05, 4.69) is 5.32 Å². The molecule has 0 heterocycles. The van der Waals surface area contributed by atoms with E-state index in [0.29, 0.717) is 12.2 Å². The molecule has 0 unspecified atom stereocenters. The number of alkyl halides is 3. The van der Waals surface area contributed by atoms with Gasteiger partial charge in [-0.3, -0.25) is 4.79 Å². The van der Waals surface area contributed by atoms with E-state index in [4.69, 9.17) is 4.74 Å². The average Bonchev–Trinajstić information content (AvgIpc) is 2.28. The Hall–Kier alpha value is -1.56. The van der Waals surface area contributed by atoms with Gasteiger partial charge in [-0.2, -0.15) is 13.2 Å². The van der Waals surface area contributed by atoms with Crippen LogP contribution in [0.2, 0.25) is 0 Å². The maximum Gasteiger partial charge on any atom is 0.416 e. The summed E-state index contributed by atoms with van der Waals surface area (Å²) >= 11 is 0. The maximum atomic E-state index is 12.5. The molecule has 1 aromatic rings. The van der Waals surface area contributed by atoms with Crippen LogP contribution in [-0.2, 0) is 15.7 Å². The Kier molecular flexibility index (Phi) is 4.72. The SMILES string of the molecule is CCOCC(=O)Nc1cc(C(F)(F)F)ccc1C. The van der Waals surface area contributed by atoms with Crippen LogP contribution in [0.1, 0.15) is 18.1 Å². The summed E-state index contributed by atoms with van der Waals surface area (Å²) in [5, 5.41) is 2.39. The molecule has 100 valence electrons. The van der Waals surface area contributed by atoms with Crippen LogP contribution < -0.4 is 5.32 Å². The zero-order valence-electron chi connectivity index (χ0n) is 10.1. The first-order valence-electron chi connectivity index (χ1n) is 5.40. The molecule has 0 aromatic heterocycles. The first kappa shape index (κ1) is 14.5. The Morgan fingerprint density at radius 3 is 2.61 bits per heavy atom. The Morgan fingerprint density at radius 1 is 1.39 bits per heavy atom. The van der Waals surface area contributed by atoms with Gasteiger partial charge in [0.15, 0.2) is 0 Å². The van der Waals surface area contributed by atoms with Crippen LogP contribution in [-0.4, -0.2) is 19.1 Å². The van der Waals surface area contributed by atoms with Gasteiger partial charge in [-0.1, -0.05) is 6.07 Å². The van der Waals surface area contributed by atoms with Crippen LogP contribution >= 0.6 is 0 Å². The predicted octanol–water partition coefficient (Wildman–Crippen LogP) is 2.99. The zero-order valence-corrected chi connectivity index (χ0v) is 10.1. The Bertz CT molecular complexity index is 430. The highest BCUT2D eigenvalue weighted by Crippen LogP contribution is 2.31. The molecule has 1 amide bonds. The number of anilines is 1. The van der Waals surface area contributed by atoms with E-state index in [1.165, 1.54) is 6.07 Å². The number of carbonyl (C=O) groups is 1. The molecular formula is C12H14F3NO2. The molecule has 0 spiro atoms. The van der Waals surface area contributed by atoms with Gasteiger partial charge in [0.25, 0.3) is 0 Å². The Morgan fingerprint density at radius 2 is 2.06 bits per heavy atom. The van der Waals surface area contributed by atoms with Crippen molar-refractivity contribution in [3.05, 3.63) is 29.3 Å². The van der Waals surface area contributed by atoms with E-state index in [9.17, 15) is 18.0 Å². The smallest absolute Gasteiger partial charge is 0.372 e.